The minimum absolute atomic E-state index is 0.0531. The normalized spacial score (nSPS) is 23.8. The third kappa shape index (κ3) is 2.80. The molecule has 86 valence electrons. The van der Waals surface area contributed by atoms with E-state index in [-0.39, 0.29) is 13.1 Å². The highest BCUT2D eigenvalue weighted by molar-refractivity contribution is 7.89. The highest BCUT2D eigenvalue weighted by atomic mass is 32.2. The second kappa shape index (κ2) is 4.78. The molecule has 8 heteroatoms. The zero-order valence-electron chi connectivity index (χ0n) is 7.77. The average Bonchev–Trinajstić information content (AvgIpc) is 2.18. The first-order chi connectivity index (χ1) is 6.98. The van der Waals surface area contributed by atoms with Crippen LogP contribution < -0.4 is 0 Å². The van der Waals surface area contributed by atoms with Gasteiger partial charge in [-0.25, -0.2) is 18.2 Å². The molecule has 1 aliphatic rings. The summed E-state index contributed by atoms with van der Waals surface area (Å²) >= 11 is 0. The Morgan fingerprint density at radius 1 is 1.47 bits per heavy atom. The largest absolute Gasteiger partial charge is 0.350 e. The van der Waals surface area contributed by atoms with Gasteiger partial charge < -0.3 is 0 Å². The molecule has 0 saturated carbocycles. The van der Waals surface area contributed by atoms with Crippen molar-refractivity contribution in [2.75, 3.05) is 13.1 Å². The number of aliphatic imine (C=N–C) groups is 1. The van der Waals surface area contributed by atoms with Crippen LogP contribution in [0.2, 0.25) is 0 Å². The van der Waals surface area contributed by atoms with E-state index in [1.165, 1.54) is 6.08 Å². The minimum atomic E-state index is -4.54. The van der Waals surface area contributed by atoms with E-state index in [4.69, 9.17) is 0 Å². The number of rotatable bonds is 3. The molecule has 5 nitrogen and oxygen atoms in total. The first-order valence-corrected chi connectivity index (χ1v) is 5.83. The Hall–Kier alpha value is -0.850. The minimum Gasteiger partial charge on any atom is -0.211 e. The fourth-order valence-electron chi connectivity index (χ4n) is 1.44. The molecule has 0 aromatic rings. The molecule has 1 heterocycles. The lowest BCUT2D eigenvalue weighted by molar-refractivity contribution is 0.210. The predicted molar refractivity (Wildman–Crippen MR) is 47.6 cm³/mol. The highest BCUT2D eigenvalue weighted by Crippen LogP contribution is 2.19. The lowest BCUT2D eigenvalue weighted by Crippen LogP contribution is -2.43. The number of hydrogen-bond acceptors (Lipinski definition) is 4. The van der Waals surface area contributed by atoms with E-state index in [9.17, 15) is 22.0 Å². The van der Waals surface area contributed by atoms with Crippen molar-refractivity contribution in [3.05, 3.63) is 0 Å². The summed E-state index contributed by atoms with van der Waals surface area (Å²) in [4.78, 5) is 13.3. The quantitative estimate of drug-likeness (QED) is 0.527. The molecule has 1 atom stereocenters. The van der Waals surface area contributed by atoms with Crippen LogP contribution in [-0.2, 0) is 14.8 Å². The molecular formula is C7H10F2N2O3S. The van der Waals surface area contributed by atoms with Gasteiger partial charge in [-0.3, -0.25) is 0 Å². The van der Waals surface area contributed by atoms with Gasteiger partial charge in [0, 0.05) is 13.1 Å². The fraction of sp³-hybridized carbons (Fsp3) is 0.857. The predicted octanol–water partition coefficient (Wildman–Crippen LogP) is 0.339. The molecule has 0 bridgehead atoms. The molecular weight excluding hydrogens is 230 g/mol. The Labute approximate surface area is 85.8 Å². The molecule has 0 N–H and O–H groups in total. The van der Waals surface area contributed by atoms with Gasteiger partial charge in [0.15, 0.2) is 0 Å². The monoisotopic (exact) mass is 240 g/mol. The molecule has 1 rings (SSSR count). The van der Waals surface area contributed by atoms with Crippen LogP contribution in [0.3, 0.4) is 0 Å². The van der Waals surface area contributed by atoms with Crippen molar-refractivity contribution >= 4 is 16.1 Å². The second-order valence-electron chi connectivity index (χ2n) is 3.18. The molecule has 0 aromatic heterocycles. The summed E-state index contributed by atoms with van der Waals surface area (Å²) in [5, 5.41) is 0. The van der Waals surface area contributed by atoms with Gasteiger partial charge >= 0.3 is 5.76 Å². The topological polar surface area (TPSA) is 66.8 Å². The smallest absolute Gasteiger partial charge is 0.211 e. The van der Waals surface area contributed by atoms with Crippen LogP contribution in [0, 0.1) is 0 Å². The van der Waals surface area contributed by atoms with Gasteiger partial charge in [0.25, 0.3) is 10.0 Å². The molecule has 1 aliphatic heterocycles. The maximum absolute atomic E-state index is 12.2. The van der Waals surface area contributed by atoms with Gasteiger partial charge in [0.05, 0.1) is 6.04 Å². The third-order valence-corrected chi connectivity index (χ3v) is 3.68. The SMILES string of the molecule is O=C=NC1CCCN(S(=O)(=O)C(F)F)C1. The number of alkyl halides is 2. The molecule has 0 amide bonds. The number of piperidine rings is 1. The first-order valence-electron chi connectivity index (χ1n) is 4.32. The zero-order valence-corrected chi connectivity index (χ0v) is 8.58. The average molecular weight is 240 g/mol. The van der Waals surface area contributed by atoms with Gasteiger partial charge in [0.1, 0.15) is 0 Å². The Kier molecular flexibility index (Phi) is 3.90. The summed E-state index contributed by atoms with van der Waals surface area (Å²) in [5.74, 6) is -3.42. The van der Waals surface area contributed by atoms with Crippen molar-refractivity contribution in [2.24, 2.45) is 4.99 Å². The molecule has 0 aliphatic carbocycles. The van der Waals surface area contributed by atoms with Crippen molar-refractivity contribution in [3.8, 4) is 0 Å². The van der Waals surface area contributed by atoms with Crippen LogP contribution in [0.15, 0.2) is 4.99 Å². The Bertz CT molecular complexity index is 364. The summed E-state index contributed by atoms with van der Waals surface area (Å²) in [6, 6.07) is -0.551. The number of nitrogens with zero attached hydrogens (tertiary/aromatic N) is 2. The summed E-state index contributed by atoms with van der Waals surface area (Å²) in [6.45, 7) is -0.112. The van der Waals surface area contributed by atoms with Crippen molar-refractivity contribution < 1.29 is 22.0 Å². The van der Waals surface area contributed by atoms with E-state index >= 15 is 0 Å². The number of isocyanates is 1. The lowest BCUT2D eigenvalue weighted by Gasteiger charge is -2.28. The van der Waals surface area contributed by atoms with Crippen LogP contribution in [0.4, 0.5) is 8.78 Å². The molecule has 1 saturated heterocycles. The van der Waals surface area contributed by atoms with E-state index < -0.39 is 21.8 Å². The summed E-state index contributed by atoms with van der Waals surface area (Å²) < 4.78 is 47.2. The van der Waals surface area contributed by atoms with Gasteiger partial charge in [-0.15, -0.1) is 0 Å². The lowest BCUT2D eigenvalue weighted by atomic mass is 10.1. The number of hydrogen-bond donors (Lipinski definition) is 0. The van der Waals surface area contributed by atoms with Crippen LogP contribution in [-0.4, -0.2) is 43.7 Å². The van der Waals surface area contributed by atoms with E-state index in [2.05, 4.69) is 4.99 Å². The van der Waals surface area contributed by atoms with Crippen LogP contribution in [0.1, 0.15) is 12.8 Å². The van der Waals surface area contributed by atoms with E-state index in [0.29, 0.717) is 17.1 Å². The molecule has 0 spiro atoms. The summed E-state index contributed by atoms with van der Waals surface area (Å²) in [5.41, 5.74) is 0. The van der Waals surface area contributed by atoms with Crippen molar-refractivity contribution in [2.45, 2.75) is 24.6 Å². The van der Waals surface area contributed by atoms with E-state index in [0.717, 1.165) is 0 Å². The molecule has 1 unspecified atom stereocenters. The van der Waals surface area contributed by atoms with Gasteiger partial charge in [0.2, 0.25) is 6.08 Å². The molecule has 1 fully saturated rings. The standard InChI is InChI=1S/C7H10F2N2O3S/c8-7(9)15(13,14)11-3-1-2-6(4-11)10-5-12/h6-7H,1-4H2. The van der Waals surface area contributed by atoms with Gasteiger partial charge in [-0.2, -0.15) is 13.1 Å². The van der Waals surface area contributed by atoms with Crippen molar-refractivity contribution in [3.63, 3.8) is 0 Å². The van der Waals surface area contributed by atoms with Crippen LogP contribution in [0.25, 0.3) is 0 Å². The number of sulfonamides is 1. The van der Waals surface area contributed by atoms with Crippen LogP contribution >= 0.6 is 0 Å². The zero-order chi connectivity index (χ0) is 11.5. The fourth-order valence-corrected chi connectivity index (χ4v) is 2.43. The van der Waals surface area contributed by atoms with Crippen molar-refractivity contribution in [1.82, 2.24) is 4.31 Å². The first kappa shape index (κ1) is 12.2. The molecule has 15 heavy (non-hydrogen) atoms. The maximum atomic E-state index is 12.2. The van der Waals surface area contributed by atoms with Crippen molar-refractivity contribution in [1.29, 1.82) is 0 Å². The Morgan fingerprint density at radius 2 is 2.13 bits per heavy atom. The number of carbonyl (C=O) groups excluding carboxylic acids is 1. The second-order valence-corrected chi connectivity index (χ2v) is 5.08. The maximum Gasteiger partial charge on any atom is 0.350 e. The highest BCUT2D eigenvalue weighted by Gasteiger charge is 2.35. The van der Waals surface area contributed by atoms with Gasteiger partial charge in [-0.1, -0.05) is 0 Å². The number of halogens is 2. The summed E-state index contributed by atoms with van der Waals surface area (Å²) in [7, 11) is -4.54. The van der Waals surface area contributed by atoms with Crippen LogP contribution in [0.5, 0.6) is 0 Å². The Morgan fingerprint density at radius 3 is 2.67 bits per heavy atom. The van der Waals surface area contributed by atoms with E-state index in [1.807, 2.05) is 0 Å². The third-order valence-electron chi connectivity index (χ3n) is 2.18. The summed E-state index contributed by atoms with van der Waals surface area (Å²) in [6.07, 6.45) is 2.24. The molecule has 0 aromatic carbocycles. The molecule has 0 radical (unpaired) electrons. The van der Waals surface area contributed by atoms with Gasteiger partial charge in [-0.05, 0) is 12.8 Å². The Balaban J connectivity index is 2.76. The van der Waals surface area contributed by atoms with E-state index in [1.54, 1.807) is 0 Å².